The lowest BCUT2D eigenvalue weighted by Crippen LogP contribution is -2.27. The molecule has 1 saturated heterocycles. The second-order valence-electron chi connectivity index (χ2n) is 6.32. The third-order valence-corrected chi connectivity index (χ3v) is 6.84. The molecular weight excluding hydrogens is 448 g/mol. The molecule has 0 radical (unpaired) electrons. The summed E-state index contributed by atoms with van der Waals surface area (Å²) in [5, 5.41) is 0. The Bertz CT molecular complexity index is 971. The highest BCUT2D eigenvalue weighted by Crippen LogP contribution is 2.36. The quantitative estimate of drug-likeness (QED) is 0.700. The number of carbonyl (C=O) groups is 1. The molecule has 0 aliphatic carbocycles. The highest BCUT2D eigenvalue weighted by molar-refractivity contribution is 9.10. The number of ether oxygens (including phenoxy) is 2. The van der Waals surface area contributed by atoms with Gasteiger partial charge in [0.1, 0.15) is 4.90 Å². The summed E-state index contributed by atoms with van der Waals surface area (Å²) in [5.41, 5.74) is 0.900. The van der Waals surface area contributed by atoms with E-state index >= 15 is 0 Å². The van der Waals surface area contributed by atoms with Crippen molar-refractivity contribution in [2.75, 3.05) is 32.0 Å². The first kappa shape index (κ1) is 20.5. The Hall–Kier alpha value is -2.26. The smallest absolute Gasteiger partial charge is 0.263 e. The van der Waals surface area contributed by atoms with E-state index in [0.717, 1.165) is 25.9 Å². The van der Waals surface area contributed by atoms with Crippen LogP contribution in [-0.2, 0) is 10.0 Å². The van der Waals surface area contributed by atoms with Gasteiger partial charge in [-0.2, -0.15) is 0 Å². The van der Waals surface area contributed by atoms with E-state index < -0.39 is 10.0 Å². The Balaban J connectivity index is 1.82. The maximum absolute atomic E-state index is 12.8. The number of methoxy groups -OCH3 is 2. The molecule has 0 atom stereocenters. The summed E-state index contributed by atoms with van der Waals surface area (Å²) in [5.74, 6) is 0.685. The first-order valence-electron chi connectivity index (χ1n) is 8.69. The average molecular weight is 469 g/mol. The fourth-order valence-corrected chi connectivity index (χ4v) is 5.13. The minimum atomic E-state index is -3.88. The molecule has 1 fully saturated rings. The van der Waals surface area contributed by atoms with Crippen LogP contribution in [0.5, 0.6) is 11.5 Å². The van der Waals surface area contributed by atoms with E-state index in [0.29, 0.717) is 27.2 Å². The summed E-state index contributed by atoms with van der Waals surface area (Å²) in [6, 6.07) is 9.33. The van der Waals surface area contributed by atoms with Crippen molar-refractivity contribution >= 4 is 37.5 Å². The van der Waals surface area contributed by atoms with Crippen molar-refractivity contribution in [3.63, 3.8) is 0 Å². The molecule has 1 aliphatic heterocycles. The van der Waals surface area contributed by atoms with Crippen molar-refractivity contribution in [3.05, 3.63) is 46.4 Å². The molecule has 0 unspecified atom stereocenters. The summed E-state index contributed by atoms with van der Waals surface area (Å²) in [7, 11) is -0.968. The average Bonchev–Trinajstić information content (AvgIpc) is 3.22. The zero-order valence-electron chi connectivity index (χ0n) is 15.6. The van der Waals surface area contributed by atoms with Gasteiger partial charge in [0.15, 0.2) is 11.5 Å². The number of hydrogen-bond donors (Lipinski definition) is 1. The van der Waals surface area contributed by atoms with Crippen LogP contribution in [0.4, 0.5) is 5.69 Å². The highest BCUT2D eigenvalue weighted by atomic mass is 79.9. The second kappa shape index (κ2) is 8.40. The molecule has 150 valence electrons. The van der Waals surface area contributed by atoms with E-state index in [4.69, 9.17) is 9.47 Å². The van der Waals surface area contributed by atoms with Crippen LogP contribution in [0.15, 0.2) is 45.8 Å². The number of nitrogens with one attached hydrogen (secondary N) is 1. The van der Waals surface area contributed by atoms with Gasteiger partial charge >= 0.3 is 0 Å². The number of nitrogens with zero attached hydrogens (tertiary/aromatic N) is 1. The number of hydrogen-bond acceptors (Lipinski definition) is 5. The van der Waals surface area contributed by atoms with Gasteiger partial charge in [0.05, 0.1) is 14.2 Å². The highest BCUT2D eigenvalue weighted by Gasteiger charge is 2.22. The van der Waals surface area contributed by atoms with Gasteiger partial charge < -0.3 is 14.4 Å². The van der Waals surface area contributed by atoms with Crippen LogP contribution in [0.1, 0.15) is 23.2 Å². The zero-order chi connectivity index (χ0) is 20.3. The van der Waals surface area contributed by atoms with Crippen molar-refractivity contribution in [1.82, 2.24) is 4.90 Å². The number of rotatable bonds is 6. The van der Waals surface area contributed by atoms with Crippen LogP contribution in [0.25, 0.3) is 0 Å². The van der Waals surface area contributed by atoms with Gasteiger partial charge in [0.2, 0.25) is 0 Å². The molecule has 0 saturated carbocycles. The molecule has 28 heavy (non-hydrogen) atoms. The summed E-state index contributed by atoms with van der Waals surface area (Å²) in [4.78, 5) is 14.2. The molecule has 1 amide bonds. The Labute approximate surface area is 172 Å². The van der Waals surface area contributed by atoms with Crippen LogP contribution in [0, 0.1) is 0 Å². The summed E-state index contributed by atoms with van der Waals surface area (Å²) in [6.07, 6.45) is 2.04. The van der Waals surface area contributed by atoms with E-state index in [-0.39, 0.29) is 10.8 Å². The van der Waals surface area contributed by atoms with E-state index in [1.54, 1.807) is 29.2 Å². The molecule has 0 spiro atoms. The van der Waals surface area contributed by atoms with Gasteiger partial charge in [-0.05, 0) is 59.1 Å². The third-order valence-electron chi connectivity index (χ3n) is 4.50. The normalized spacial score (nSPS) is 14.0. The predicted octanol–water partition coefficient (Wildman–Crippen LogP) is 3.50. The fraction of sp³-hybridized carbons (Fsp3) is 0.316. The molecule has 1 heterocycles. The molecule has 2 aromatic carbocycles. The van der Waals surface area contributed by atoms with E-state index in [9.17, 15) is 13.2 Å². The van der Waals surface area contributed by atoms with E-state index in [1.165, 1.54) is 26.4 Å². The standard InChI is InChI=1S/C19H21BrN2O5S/c1-26-16-11-15(20)18(12-17(16)27-2)28(24,25)21-14-7-5-13(6-8-14)19(23)22-9-3-4-10-22/h5-8,11-12,21H,3-4,9-10H2,1-2H3. The predicted molar refractivity (Wildman–Crippen MR) is 110 cm³/mol. The lowest BCUT2D eigenvalue weighted by molar-refractivity contribution is 0.0793. The maximum atomic E-state index is 12.8. The van der Waals surface area contributed by atoms with E-state index in [2.05, 4.69) is 20.7 Å². The Kier molecular flexibility index (Phi) is 6.14. The number of likely N-dealkylation sites (tertiary alicyclic amines) is 1. The van der Waals surface area contributed by atoms with Gasteiger partial charge in [-0.3, -0.25) is 9.52 Å². The third kappa shape index (κ3) is 4.25. The lowest BCUT2D eigenvalue weighted by atomic mass is 10.2. The fourth-order valence-electron chi connectivity index (χ4n) is 3.04. The molecule has 2 aromatic rings. The van der Waals surface area contributed by atoms with Gasteiger partial charge in [0.25, 0.3) is 15.9 Å². The van der Waals surface area contributed by atoms with Crippen molar-refractivity contribution in [3.8, 4) is 11.5 Å². The molecule has 0 aromatic heterocycles. The number of amides is 1. The summed E-state index contributed by atoms with van der Waals surface area (Å²) < 4.78 is 38.8. The van der Waals surface area contributed by atoms with Crippen LogP contribution < -0.4 is 14.2 Å². The Morgan fingerprint density at radius 1 is 1.04 bits per heavy atom. The molecule has 3 rings (SSSR count). The summed E-state index contributed by atoms with van der Waals surface area (Å²) in [6.45, 7) is 1.53. The zero-order valence-corrected chi connectivity index (χ0v) is 18.0. The number of sulfonamides is 1. The number of carbonyl (C=O) groups excluding carboxylic acids is 1. The van der Waals surface area contributed by atoms with Crippen molar-refractivity contribution in [2.45, 2.75) is 17.7 Å². The van der Waals surface area contributed by atoms with Crippen molar-refractivity contribution in [2.24, 2.45) is 0 Å². The molecular formula is C19H21BrN2O5S. The van der Waals surface area contributed by atoms with E-state index in [1.807, 2.05) is 0 Å². The first-order chi connectivity index (χ1) is 13.4. The lowest BCUT2D eigenvalue weighted by Gasteiger charge is -2.16. The van der Waals surface area contributed by atoms with Crippen LogP contribution in [-0.4, -0.2) is 46.5 Å². The Morgan fingerprint density at radius 3 is 2.18 bits per heavy atom. The Morgan fingerprint density at radius 2 is 1.61 bits per heavy atom. The number of halogens is 1. The van der Waals surface area contributed by atoms with Crippen LogP contribution >= 0.6 is 15.9 Å². The first-order valence-corrected chi connectivity index (χ1v) is 11.0. The molecule has 7 nitrogen and oxygen atoms in total. The minimum absolute atomic E-state index is 0.0161. The number of anilines is 1. The largest absolute Gasteiger partial charge is 0.493 e. The van der Waals surface area contributed by atoms with Crippen molar-refractivity contribution < 1.29 is 22.7 Å². The van der Waals surface area contributed by atoms with Crippen LogP contribution in [0.2, 0.25) is 0 Å². The van der Waals surface area contributed by atoms with Crippen molar-refractivity contribution in [1.29, 1.82) is 0 Å². The molecule has 0 bridgehead atoms. The van der Waals surface area contributed by atoms with Crippen LogP contribution in [0.3, 0.4) is 0 Å². The monoisotopic (exact) mass is 468 g/mol. The van der Waals surface area contributed by atoms with Gasteiger partial charge in [-0.15, -0.1) is 0 Å². The molecule has 1 N–H and O–H groups in total. The molecule has 9 heteroatoms. The molecule has 1 aliphatic rings. The van der Waals surface area contributed by atoms with Gasteiger partial charge in [0, 0.05) is 34.9 Å². The topological polar surface area (TPSA) is 84.9 Å². The SMILES string of the molecule is COc1cc(Br)c(S(=O)(=O)Nc2ccc(C(=O)N3CCCC3)cc2)cc1OC. The van der Waals surface area contributed by atoms with Gasteiger partial charge in [-0.25, -0.2) is 8.42 Å². The summed E-state index contributed by atoms with van der Waals surface area (Å²) >= 11 is 3.26. The number of benzene rings is 2. The minimum Gasteiger partial charge on any atom is -0.493 e. The van der Waals surface area contributed by atoms with Gasteiger partial charge in [-0.1, -0.05) is 0 Å². The second-order valence-corrected chi connectivity index (χ2v) is 8.82. The maximum Gasteiger partial charge on any atom is 0.263 e.